The SMILES string of the molecule is O=Pc1ccc2c3ccccc3c3nc4cccc(P(=O)(c5ccccc5)c5ccccc5)c4n3c2c1. The van der Waals surface area contributed by atoms with Gasteiger partial charge in [0.1, 0.15) is 5.65 Å². The van der Waals surface area contributed by atoms with Crippen LogP contribution in [0.1, 0.15) is 0 Å². The van der Waals surface area contributed by atoms with Crippen molar-refractivity contribution in [3.63, 3.8) is 0 Å². The van der Waals surface area contributed by atoms with Crippen LogP contribution in [0.2, 0.25) is 0 Å². The van der Waals surface area contributed by atoms with Crippen LogP contribution in [0.25, 0.3) is 38.4 Å². The van der Waals surface area contributed by atoms with Crippen LogP contribution in [0.15, 0.2) is 121 Å². The Morgan fingerprint density at radius 1 is 0.649 bits per heavy atom. The van der Waals surface area contributed by atoms with Gasteiger partial charge in [0.2, 0.25) is 0 Å². The Kier molecular flexibility index (Phi) is 5.08. The second-order valence-electron chi connectivity index (χ2n) is 9.03. The minimum absolute atomic E-state index is 0.0493. The van der Waals surface area contributed by atoms with Crippen LogP contribution in [0, 0.1) is 0 Å². The summed E-state index contributed by atoms with van der Waals surface area (Å²) in [4.78, 5) is 5.07. The van der Waals surface area contributed by atoms with Crippen LogP contribution in [0.4, 0.5) is 0 Å². The van der Waals surface area contributed by atoms with Crippen LogP contribution < -0.4 is 21.2 Å². The number of pyridine rings is 1. The summed E-state index contributed by atoms with van der Waals surface area (Å²) in [7, 11) is -3.32. The predicted molar refractivity (Wildman–Crippen MR) is 154 cm³/mol. The Morgan fingerprint density at radius 2 is 1.30 bits per heavy atom. The summed E-state index contributed by atoms with van der Waals surface area (Å²) in [5.74, 6) is 0. The first-order valence-electron chi connectivity index (χ1n) is 12.0. The highest BCUT2D eigenvalue weighted by molar-refractivity contribution is 7.85. The highest BCUT2D eigenvalue weighted by Gasteiger charge is 2.33. The maximum absolute atomic E-state index is 15.4. The zero-order valence-electron chi connectivity index (χ0n) is 19.7. The molecule has 7 rings (SSSR count). The van der Waals surface area contributed by atoms with E-state index in [9.17, 15) is 4.57 Å². The number of hydrogen-bond donors (Lipinski definition) is 0. The van der Waals surface area contributed by atoms with E-state index in [-0.39, 0.29) is 8.46 Å². The maximum atomic E-state index is 15.4. The molecule has 0 saturated carbocycles. The van der Waals surface area contributed by atoms with Gasteiger partial charge in [-0.2, -0.15) is 0 Å². The molecule has 7 aromatic rings. The molecular formula is C31H20N2O2P2. The Bertz CT molecular complexity index is 1990. The molecule has 6 heteroatoms. The van der Waals surface area contributed by atoms with E-state index in [4.69, 9.17) is 4.98 Å². The molecule has 0 aliphatic heterocycles. The van der Waals surface area contributed by atoms with Gasteiger partial charge in [-0.3, -0.25) is 8.97 Å². The third-order valence-corrected chi connectivity index (χ3v) is 10.6. The highest BCUT2D eigenvalue weighted by atomic mass is 31.2. The lowest BCUT2D eigenvalue weighted by Gasteiger charge is -2.21. The molecule has 0 atom stereocenters. The van der Waals surface area contributed by atoms with E-state index in [0.29, 0.717) is 5.30 Å². The highest BCUT2D eigenvalue weighted by Crippen LogP contribution is 2.45. The number of rotatable bonds is 4. The molecule has 5 aromatic carbocycles. The summed E-state index contributed by atoms with van der Waals surface area (Å²) < 4.78 is 29.4. The Morgan fingerprint density at radius 3 is 1.97 bits per heavy atom. The summed E-state index contributed by atoms with van der Waals surface area (Å²) in [5.41, 5.74) is 3.26. The maximum Gasteiger partial charge on any atom is 0.192 e. The lowest BCUT2D eigenvalue weighted by Crippen LogP contribution is -2.26. The molecule has 4 nitrogen and oxygen atoms in total. The van der Waals surface area contributed by atoms with Crippen LogP contribution in [-0.2, 0) is 9.13 Å². The normalized spacial score (nSPS) is 12.2. The zero-order valence-corrected chi connectivity index (χ0v) is 21.4. The van der Waals surface area contributed by atoms with Gasteiger partial charge in [0.15, 0.2) is 15.6 Å². The van der Waals surface area contributed by atoms with E-state index in [0.717, 1.165) is 54.3 Å². The molecular weight excluding hydrogens is 494 g/mol. The fraction of sp³-hybridized carbons (Fsp3) is 0. The Labute approximate surface area is 214 Å². The van der Waals surface area contributed by atoms with Gasteiger partial charge in [-0.15, -0.1) is 0 Å². The number of fused-ring (bicyclic) bond motifs is 8. The largest absolute Gasteiger partial charge is 0.309 e. The number of para-hydroxylation sites is 1. The first kappa shape index (κ1) is 22.1. The van der Waals surface area contributed by atoms with E-state index in [1.807, 2.05) is 109 Å². The van der Waals surface area contributed by atoms with Crippen molar-refractivity contribution in [1.29, 1.82) is 0 Å². The summed E-state index contributed by atoms with van der Waals surface area (Å²) >= 11 is 0. The first-order valence-corrected chi connectivity index (χ1v) is 14.5. The lowest BCUT2D eigenvalue weighted by atomic mass is 10.1. The number of nitrogens with zero attached hydrogens (tertiary/aromatic N) is 2. The van der Waals surface area contributed by atoms with Gasteiger partial charge in [0, 0.05) is 32.0 Å². The van der Waals surface area contributed by atoms with Crippen molar-refractivity contribution in [2.45, 2.75) is 0 Å². The minimum Gasteiger partial charge on any atom is -0.309 e. The second kappa shape index (κ2) is 8.49. The van der Waals surface area contributed by atoms with Crippen molar-refractivity contribution >= 4 is 75.2 Å². The van der Waals surface area contributed by atoms with Crippen LogP contribution in [-0.4, -0.2) is 9.38 Å². The second-order valence-corrected chi connectivity index (χ2v) is 12.5. The summed E-state index contributed by atoms with van der Waals surface area (Å²) in [6.45, 7) is 0. The van der Waals surface area contributed by atoms with Crippen molar-refractivity contribution in [1.82, 2.24) is 9.38 Å². The number of hydrogen-bond acceptors (Lipinski definition) is 3. The van der Waals surface area contributed by atoms with Gasteiger partial charge >= 0.3 is 0 Å². The van der Waals surface area contributed by atoms with Gasteiger partial charge < -0.3 is 4.57 Å². The molecule has 0 aliphatic carbocycles. The van der Waals surface area contributed by atoms with Gasteiger partial charge in [0.05, 0.1) is 16.6 Å². The van der Waals surface area contributed by atoms with Crippen LogP contribution in [0.5, 0.6) is 0 Å². The van der Waals surface area contributed by atoms with Gasteiger partial charge in [-0.1, -0.05) is 97.1 Å². The topological polar surface area (TPSA) is 51.4 Å². The van der Waals surface area contributed by atoms with Crippen molar-refractivity contribution in [3.8, 4) is 0 Å². The zero-order chi connectivity index (χ0) is 25.0. The van der Waals surface area contributed by atoms with Gasteiger partial charge in [0.25, 0.3) is 0 Å². The summed E-state index contributed by atoms with van der Waals surface area (Å²) in [6, 6.07) is 39.3. The van der Waals surface area contributed by atoms with E-state index in [2.05, 4.69) is 16.5 Å². The number of benzene rings is 5. The smallest absolute Gasteiger partial charge is 0.192 e. The van der Waals surface area contributed by atoms with Crippen LogP contribution in [0.3, 0.4) is 0 Å². The first-order chi connectivity index (χ1) is 18.2. The van der Waals surface area contributed by atoms with Crippen molar-refractivity contribution in [2.75, 3.05) is 0 Å². The molecule has 0 radical (unpaired) electrons. The average Bonchev–Trinajstić information content (AvgIpc) is 3.38. The third kappa shape index (κ3) is 3.23. The molecule has 176 valence electrons. The monoisotopic (exact) mass is 514 g/mol. The molecule has 0 spiro atoms. The van der Waals surface area contributed by atoms with Crippen molar-refractivity contribution in [2.24, 2.45) is 0 Å². The standard InChI is InChI=1S/C31H20N2O2P2/c34-36-21-18-19-25-24-14-7-8-15-26(24)31-32-27-16-9-17-29(30(27)33(31)28(25)20-21)37(35,22-10-3-1-4-11-22)23-12-5-2-6-13-23/h1-20H. The molecule has 0 saturated heterocycles. The van der Waals surface area contributed by atoms with E-state index < -0.39 is 7.14 Å². The molecule has 0 N–H and O–H groups in total. The molecule has 0 amide bonds. The molecule has 0 fully saturated rings. The molecule has 37 heavy (non-hydrogen) atoms. The summed E-state index contributed by atoms with van der Waals surface area (Å²) in [5, 5.41) is 6.07. The minimum atomic E-state index is -3.27. The average molecular weight is 514 g/mol. The number of imidazole rings is 1. The quantitative estimate of drug-likeness (QED) is 0.203. The molecule has 2 aromatic heterocycles. The molecule has 2 heterocycles. The molecule has 0 aliphatic rings. The fourth-order valence-electron chi connectivity index (χ4n) is 5.38. The van der Waals surface area contributed by atoms with E-state index in [1.165, 1.54) is 0 Å². The van der Waals surface area contributed by atoms with E-state index >= 15 is 4.57 Å². The number of aromatic nitrogens is 2. The molecule has 0 bridgehead atoms. The van der Waals surface area contributed by atoms with E-state index in [1.54, 1.807) is 0 Å². The third-order valence-electron chi connectivity index (χ3n) is 7.02. The fourth-order valence-corrected chi connectivity index (χ4v) is 8.54. The van der Waals surface area contributed by atoms with Gasteiger partial charge in [-0.25, -0.2) is 4.98 Å². The lowest BCUT2D eigenvalue weighted by molar-refractivity contribution is 0.592. The Balaban J connectivity index is 1.73. The Hall–Kier alpha value is -4.10. The van der Waals surface area contributed by atoms with Crippen molar-refractivity contribution in [3.05, 3.63) is 121 Å². The summed E-state index contributed by atoms with van der Waals surface area (Å²) in [6.07, 6.45) is 0. The predicted octanol–water partition coefficient (Wildman–Crippen LogP) is 6.35. The van der Waals surface area contributed by atoms with Crippen molar-refractivity contribution < 1.29 is 9.13 Å². The van der Waals surface area contributed by atoms with Gasteiger partial charge in [-0.05, 0) is 29.7 Å². The molecule has 0 unspecified atom stereocenters. The van der Waals surface area contributed by atoms with Crippen LogP contribution >= 0.6 is 15.6 Å².